The minimum Gasteiger partial charge on any atom is -0.486 e. The van der Waals surface area contributed by atoms with E-state index < -0.39 is 21.3 Å². The topological polar surface area (TPSA) is 56.7 Å². The van der Waals surface area contributed by atoms with Crippen LogP contribution in [0.2, 0.25) is 19.6 Å². The number of imidazole rings is 1. The van der Waals surface area contributed by atoms with Gasteiger partial charge in [0.25, 0.3) is 0 Å². The zero-order chi connectivity index (χ0) is 46.4. The first-order valence-electron chi connectivity index (χ1n) is 23.4. The molecular formula is C55H56IrN4OSi-2. The van der Waals surface area contributed by atoms with Gasteiger partial charge in [0.05, 0.1) is 30.5 Å². The van der Waals surface area contributed by atoms with Gasteiger partial charge in [-0.15, -0.1) is 54.1 Å². The third-order valence-corrected chi connectivity index (χ3v) is 13.0. The van der Waals surface area contributed by atoms with Gasteiger partial charge in [-0.1, -0.05) is 126 Å². The van der Waals surface area contributed by atoms with Gasteiger partial charge in [0.15, 0.2) is 0 Å². The maximum absolute atomic E-state index is 8.63. The number of aromatic nitrogens is 4. The van der Waals surface area contributed by atoms with Gasteiger partial charge in [0, 0.05) is 48.6 Å². The number of rotatable bonds is 9. The van der Waals surface area contributed by atoms with Crippen molar-refractivity contribution in [1.29, 1.82) is 0 Å². The molecule has 0 unspecified atom stereocenters. The van der Waals surface area contributed by atoms with Crippen LogP contribution >= 0.6 is 0 Å². The van der Waals surface area contributed by atoms with E-state index in [9.17, 15) is 0 Å². The van der Waals surface area contributed by atoms with Crippen molar-refractivity contribution < 1.29 is 30.0 Å². The summed E-state index contributed by atoms with van der Waals surface area (Å²) in [6.07, 6.45) is 0.208. The summed E-state index contributed by atoms with van der Waals surface area (Å²) >= 11 is 0. The molecule has 0 aliphatic heterocycles. The SMILES string of the molecule is CC(C)c1cc(-c2ccccc2)cc(C(C)C)c1-n1c(-c2[c-]ccc3c2oc2ncccc23)nc2ccccc21.[2H]C([2H])c1nc(-c2[c-]cccc2)c(C([2H])([2H])C(C)C)cc1[Si](C)(C)C.[Ir]. The second-order valence-corrected chi connectivity index (χ2v) is 22.7. The minimum absolute atomic E-state index is 0. The molecule has 317 valence electrons. The Morgan fingerprint density at radius 2 is 1.45 bits per heavy atom. The van der Waals surface area contributed by atoms with Crippen LogP contribution in [0, 0.1) is 24.9 Å². The Balaban J connectivity index is 0.000000216. The van der Waals surface area contributed by atoms with Crippen LogP contribution in [-0.4, -0.2) is 27.6 Å². The molecule has 62 heavy (non-hydrogen) atoms. The fourth-order valence-corrected chi connectivity index (χ4v) is 9.47. The predicted molar refractivity (Wildman–Crippen MR) is 259 cm³/mol. The van der Waals surface area contributed by atoms with E-state index in [4.69, 9.17) is 14.9 Å². The van der Waals surface area contributed by atoms with Gasteiger partial charge in [0.1, 0.15) is 0 Å². The van der Waals surface area contributed by atoms with Crippen LogP contribution in [0.4, 0.5) is 0 Å². The summed E-state index contributed by atoms with van der Waals surface area (Å²) in [4.78, 5) is 14.3. The third-order valence-electron chi connectivity index (χ3n) is 11.0. The quantitative estimate of drug-likeness (QED) is 0.107. The standard InChI is InChI=1S/C36H30N3O.C19H26NSi.Ir/c1-22(2)29-20-25(24-12-6-5-7-13-24)21-30(23(3)4)33(29)39-32-18-9-8-17-31(32)38-35(39)28-15-10-14-26-27-16-11-19-37-36(27)40-34(26)28;1-14(2)12-17-13-18(21(4,5)6)15(3)20-19(17)16-10-8-7-9-11-16;/h5-14,16-23H,1-4H3;7-10,13-14H,12H2,1-6H3;/q2*-1;/i;3D2,12D2;. The molecule has 4 aromatic heterocycles. The molecule has 0 bridgehead atoms. The summed E-state index contributed by atoms with van der Waals surface area (Å²) in [5.74, 6) is 1.18. The van der Waals surface area contributed by atoms with E-state index in [-0.39, 0.29) is 26.0 Å². The molecule has 9 rings (SSSR count). The van der Waals surface area contributed by atoms with Crippen molar-refractivity contribution >= 4 is 46.4 Å². The number of pyridine rings is 2. The molecule has 0 fully saturated rings. The Bertz CT molecular complexity index is 3110. The van der Waals surface area contributed by atoms with Gasteiger partial charge in [-0.3, -0.25) is 4.98 Å². The molecule has 0 spiro atoms. The summed E-state index contributed by atoms with van der Waals surface area (Å²) in [7, 11) is -1.89. The van der Waals surface area contributed by atoms with Crippen LogP contribution in [0.5, 0.6) is 0 Å². The Morgan fingerprint density at radius 1 is 0.742 bits per heavy atom. The summed E-state index contributed by atoms with van der Waals surface area (Å²) < 4.78 is 41.8. The number of benzene rings is 5. The molecule has 5 nitrogen and oxygen atoms in total. The average molecular weight is 1010 g/mol. The van der Waals surface area contributed by atoms with Crippen molar-refractivity contribution in [2.45, 2.75) is 86.3 Å². The molecule has 5 aromatic carbocycles. The first kappa shape index (κ1) is 39.4. The average Bonchev–Trinajstić information content (AvgIpc) is 3.87. The summed E-state index contributed by atoms with van der Waals surface area (Å²) in [6.45, 7) is 18.0. The molecule has 0 N–H and O–H groups in total. The maximum Gasteiger partial charge on any atom is 0.216 e. The molecular weight excluding hydrogens is 953 g/mol. The number of aryl methyl sites for hydroxylation is 1. The Labute approximate surface area is 387 Å². The van der Waals surface area contributed by atoms with Crippen LogP contribution in [0.15, 0.2) is 132 Å². The smallest absolute Gasteiger partial charge is 0.216 e. The van der Waals surface area contributed by atoms with E-state index >= 15 is 0 Å². The molecule has 0 saturated carbocycles. The maximum atomic E-state index is 8.63. The minimum atomic E-state index is -1.89. The van der Waals surface area contributed by atoms with Gasteiger partial charge < -0.3 is 14.0 Å². The van der Waals surface area contributed by atoms with E-state index in [2.05, 4.69) is 141 Å². The van der Waals surface area contributed by atoms with Crippen LogP contribution < -0.4 is 5.19 Å². The van der Waals surface area contributed by atoms with Crippen molar-refractivity contribution in [2.24, 2.45) is 5.92 Å². The summed E-state index contributed by atoms with van der Waals surface area (Å²) in [5, 5.41) is 2.90. The molecule has 0 saturated heterocycles. The number of fused-ring (bicyclic) bond motifs is 4. The fourth-order valence-electron chi connectivity index (χ4n) is 8.07. The Kier molecular flexibility index (Phi) is 11.7. The number of hydrogen-bond donors (Lipinski definition) is 0. The monoisotopic (exact) mass is 1010 g/mol. The first-order valence-corrected chi connectivity index (χ1v) is 24.7. The first-order chi connectivity index (χ1) is 31.0. The Morgan fingerprint density at radius 3 is 2.11 bits per heavy atom. The van der Waals surface area contributed by atoms with Gasteiger partial charge in [-0.2, -0.15) is 0 Å². The van der Waals surface area contributed by atoms with Crippen molar-refractivity contribution in [3.8, 4) is 39.5 Å². The molecule has 0 aliphatic carbocycles. The van der Waals surface area contributed by atoms with E-state index in [0.29, 0.717) is 40.1 Å². The Hall–Kier alpha value is -5.46. The van der Waals surface area contributed by atoms with Crippen LogP contribution in [0.25, 0.3) is 72.6 Å². The van der Waals surface area contributed by atoms with Crippen molar-refractivity contribution in [2.75, 3.05) is 0 Å². The van der Waals surface area contributed by atoms with E-state index in [1.54, 1.807) is 12.3 Å². The van der Waals surface area contributed by atoms with Gasteiger partial charge in [-0.05, 0) is 101 Å². The molecule has 9 aromatic rings. The van der Waals surface area contributed by atoms with E-state index in [1.165, 1.54) is 27.9 Å². The predicted octanol–water partition coefficient (Wildman–Crippen LogP) is 14.3. The zero-order valence-electron chi connectivity index (χ0n) is 41.0. The fraction of sp³-hybridized carbons (Fsp3) is 0.255. The number of nitrogens with zero attached hydrogens (tertiary/aromatic N) is 4. The molecule has 0 amide bonds. The summed E-state index contributed by atoms with van der Waals surface area (Å²) in [6, 6.07) is 47.6. The molecule has 0 aliphatic rings. The van der Waals surface area contributed by atoms with E-state index in [1.807, 2.05) is 62.4 Å². The van der Waals surface area contributed by atoms with Gasteiger partial charge >= 0.3 is 0 Å². The van der Waals surface area contributed by atoms with Gasteiger partial charge in [0.2, 0.25) is 5.71 Å². The second-order valence-electron chi connectivity index (χ2n) is 17.6. The van der Waals surface area contributed by atoms with Crippen molar-refractivity contribution in [3.05, 3.63) is 162 Å². The van der Waals surface area contributed by atoms with Crippen molar-refractivity contribution in [1.82, 2.24) is 19.5 Å². The van der Waals surface area contributed by atoms with Crippen LogP contribution in [-0.2, 0) is 26.5 Å². The number of para-hydroxylation sites is 2. The largest absolute Gasteiger partial charge is 0.486 e. The normalized spacial score (nSPS) is 13.0. The second kappa shape index (κ2) is 18.5. The van der Waals surface area contributed by atoms with Crippen LogP contribution in [0.1, 0.15) is 81.2 Å². The molecule has 4 heterocycles. The number of furan rings is 1. The molecule has 1 radical (unpaired) electrons. The molecule has 7 heteroatoms. The van der Waals surface area contributed by atoms with Crippen molar-refractivity contribution in [3.63, 3.8) is 0 Å². The summed E-state index contributed by atoms with van der Waals surface area (Å²) in [5.41, 5.74) is 12.6. The number of hydrogen-bond acceptors (Lipinski definition) is 4. The molecule has 0 atom stereocenters. The third kappa shape index (κ3) is 8.90. The van der Waals surface area contributed by atoms with Gasteiger partial charge in [-0.25, -0.2) is 4.98 Å². The van der Waals surface area contributed by atoms with Crippen LogP contribution in [0.3, 0.4) is 0 Å². The zero-order valence-corrected chi connectivity index (χ0v) is 40.4. The van der Waals surface area contributed by atoms with E-state index in [0.717, 1.165) is 44.0 Å².